The van der Waals surface area contributed by atoms with E-state index in [0.29, 0.717) is 21.2 Å². The smallest absolute Gasteiger partial charge is 0.144 e. The first-order valence-electron chi connectivity index (χ1n) is 5.66. The molecule has 106 valence electrons. The zero-order chi connectivity index (χ0) is 14.7. The molecule has 20 heavy (non-hydrogen) atoms. The number of benzene rings is 2. The molecule has 0 bridgehead atoms. The van der Waals surface area contributed by atoms with Crippen LogP contribution in [0, 0.1) is 5.82 Å². The van der Waals surface area contributed by atoms with Crippen LogP contribution in [-0.4, -0.2) is 5.11 Å². The summed E-state index contributed by atoms with van der Waals surface area (Å²) in [5, 5.41) is 10.3. The fourth-order valence-corrected chi connectivity index (χ4v) is 2.48. The molecule has 2 aromatic rings. The Kier molecular flexibility index (Phi) is 5.11. The number of ether oxygens (including phenoxy) is 1. The number of aliphatic hydroxyl groups excluding tert-OH is 1. The molecule has 0 saturated heterocycles. The quantitative estimate of drug-likeness (QED) is 0.865. The van der Waals surface area contributed by atoms with Gasteiger partial charge in [-0.25, -0.2) is 4.39 Å². The number of hydrogen-bond acceptors (Lipinski definition) is 2. The summed E-state index contributed by atoms with van der Waals surface area (Å²) in [4.78, 5) is 0. The molecule has 0 aromatic heterocycles. The van der Waals surface area contributed by atoms with Crippen LogP contribution in [-0.2, 0) is 13.2 Å². The minimum absolute atomic E-state index is 0.0548. The lowest BCUT2D eigenvalue weighted by Gasteiger charge is -2.13. The number of hydrogen-bond donors (Lipinski definition) is 1. The van der Waals surface area contributed by atoms with E-state index in [-0.39, 0.29) is 24.0 Å². The highest BCUT2D eigenvalue weighted by Crippen LogP contribution is 2.33. The van der Waals surface area contributed by atoms with Gasteiger partial charge in [0.15, 0.2) is 0 Å². The van der Waals surface area contributed by atoms with E-state index < -0.39 is 5.82 Å². The van der Waals surface area contributed by atoms with Crippen molar-refractivity contribution >= 4 is 34.8 Å². The molecule has 2 rings (SSSR count). The molecule has 0 heterocycles. The van der Waals surface area contributed by atoms with Crippen LogP contribution in [0.1, 0.15) is 11.1 Å². The van der Waals surface area contributed by atoms with Gasteiger partial charge >= 0.3 is 0 Å². The molecule has 0 aliphatic carbocycles. The second-order valence-corrected chi connectivity index (χ2v) is 5.34. The molecule has 0 spiro atoms. The third-order valence-electron chi connectivity index (χ3n) is 2.64. The van der Waals surface area contributed by atoms with Gasteiger partial charge in [0.25, 0.3) is 0 Å². The molecule has 1 N–H and O–H groups in total. The number of aliphatic hydroxyl groups is 1. The van der Waals surface area contributed by atoms with Crippen molar-refractivity contribution in [2.24, 2.45) is 0 Å². The first-order chi connectivity index (χ1) is 9.51. The van der Waals surface area contributed by atoms with Gasteiger partial charge in [0.2, 0.25) is 0 Å². The van der Waals surface area contributed by atoms with Crippen LogP contribution >= 0.6 is 34.8 Å². The Balaban J connectivity index is 2.25. The monoisotopic (exact) mass is 334 g/mol. The normalized spacial score (nSPS) is 10.7. The second-order valence-electron chi connectivity index (χ2n) is 4.06. The minimum Gasteiger partial charge on any atom is -0.487 e. The van der Waals surface area contributed by atoms with Crippen LogP contribution in [0.25, 0.3) is 0 Å². The average molecular weight is 336 g/mol. The van der Waals surface area contributed by atoms with E-state index in [9.17, 15) is 9.50 Å². The van der Waals surface area contributed by atoms with Gasteiger partial charge in [0.1, 0.15) is 18.2 Å². The van der Waals surface area contributed by atoms with Gasteiger partial charge in [-0.3, -0.25) is 0 Å². The van der Waals surface area contributed by atoms with Crippen molar-refractivity contribution in [3.05, 3.63) is 62.3 Å². The van der Waals surface area contributed by atoms with Crippen LogP contribution < -0.4 is 4.74 Å². The van der Waals surface area contributed by atoms with E-state index in [1.54, 1.807) is 0 Å². The molecule has 0 aliphatic rings. The number of rotatable bonds is 4. The van der Waals surface area contributed by atoms with Crippen molar-refractivity contribution in [3.8, 4) is 5.75 Å². The summed E-state index contributed by atoms with van der Waals surface area (Å²) < 4.78 is 19.1. The molecule has 0 radical (unpaired) electrons. The molecule has 2 aromatic carbocycles. The Hall–Kier alpha value is -1.00. The van der Waals surface area contributed by atoms with Crippen molar-refractivity contribution in [1.82, 2.24) is 0 Å². The van der Waals surface area contributed by atoms with Gasteiger partial charge in [-0.2, -0.15) is 0 Å². The van der Waals surface area contributed by atoms with Gasteiger partial charge in [-0.15, -0.1) is 0 Å². The summed E-state index contributed by atoms with van der Waals surface area (Å²) in [5.41, 5.74) is 0.734. The lowest BCUT2D eigenvalue weighted by molar-refractivity contribution is 0.257. The van der Waals surface area contributed by atoms with Crippen molar-refractivity contribution in [1.29, 1.82) is 0 Å². The highest BCUT2D eigenvalue weighted by atomic mass is 35.5. The maximum Gasteiger partial charge on any atom is 0.144 e. The molecule has 0 amide bonds. The zero-order valence-corrected chi connectivity index (χ0v) is 12.4. The van der Waals surface area contributed by atoms with E-state index >= 15 is 0 Å². The van der Waals surface area contributed by atoms with Crippen LogP contribution in [0.3, 0.4) is 0 Å². The molecule has 0 unspecified atom stereocenters. The second kappa shape index (κ2) is 6.64. The standard InChI is InChI=1S/C14H10Cl3FO2/c15-10-1-2-13(18)9(4-10)7-20-14-8(6-19)3-11(16)5-12(14)17/h1-5,19H,6-7H2. The Labute approximate surface area is 130 Å². The third-order valence-corrected chi connectivity index (χ3v) is 3.37. The Morgan fingerprint density at radius 3 is 2.40 bits per heavy atom. The van der Waals surface area contributed by atoms with E-state index in [2.05, 4.69) is 0 Å². The van der Waals surface area contributed by atoms with Crippen molar-refractivity contribution in [2.75, 3.05) is 0 Å². The Morgan fingerprint density at radius 2 is 1.70 bits per heavy atom. The predicted molar refractivity (Wildman–Crippen MR) is 78.1 cm³/mol. The average Bonchev–Trinajstić information content (AvgIpc) is 2.40. The molecule has 2 nitrogen and oxygen atoms in total. The first kappa shape index (κ1) is 15.4. The minimum atomic E-state index is -0.426. The summed E-state index contributed by atoms with van der Waals surface area (Å²) in [5.74, 6) is -0.150. The van der Waals surface area contributed by atoms with Gasteiger partial charge in [-0.1, -0.05) is 34.8 Å². The predicted octanol–water partition coefficient (Wildman–Crippen LogP) is 4.86. The van der Waals surface area contributed by atoms with E-state index in [1.807, 2.05) is 0 Å². The lowest BCUT2D eigenvalue weighted by atomic mass is 10.2. The summed E-state index contributed by atoms with van der Waals surface area (Å²) in [6.45, 7) is -0.339. The summed E-state index contributed by atoms with van der Waals surface area (Å²) >= 11 is 17.6. The highest BCUT2D eigenvalue weighted by molar-refractivity contribution is 6.35. The lowest BCUT2D eigenvalue weighted by Crippen LogP contribution is -2.02. The van der Waals surface area contributed by atoms with E-state index in [1.165, 1.54) is 30.3 Å². The van der Waals surface area contributed by atoms with Gasteiger partial charge in [-0.05, 0) is 30.3 Å². The summed E-state index contributed by atoms with van der Waals surface area (Å²) in [6.07, 6.45) is 0. The molecule has 0 fully saturated rings. The maximum absolute atomic E-state index is 13.6. The maximum atomic E-state index is 13.6. The SMILES string of the molecule is OCc1cc(Cl)cc(Cl)c1OCc1cc(Cl)ccc1F. The zero-order valence-electron chi connectivity index (χ0n) is 10.2. The molecular weight excluding hydrogens is 326 g/mol. The van der Waals surface area contributed by atoms with Gasteiger partial charge in [0, 0.05) is 21.2 Å². The fraction of sp³-hybridized carbons (Fsp3) is 0.143. The van der Waals surface area contributed by atoms with Crippen LogP contribution in [0.4, 0.5) is 4.39 Å². The third kappa shape index (κ3) is 3.55. The molecule has 0 atom stereocenters. The van der Waals surface area contributed by atoms with E-state index in [0.717, 1.165) is 0 Å². The Morgan fingerprint density at radius 1 is 1.00 bits per heavy atom. The largest absolute Gasteiger partial charge is 0.487 e. The van der Waals surface area contributed by atoms with Crippen molar-refractivity contribution < 1.29 is 14.2 Å². The molecular formula is C14H10Cl3FO2. The first-order valence-corrected chi connectivity index (χ1v) is 6.80. The van der Waals surface area contributed by atoms with E-state index in [4.69, 9.17) is 39.5 Å². The molecule has 0 aliphatic heterocycles. The summed E-state index contributed by atoms with van der Waals surface area (Å²) in [6, 6.07) is 7.22. The van der Waals surface area contributed by atoms with Gasteiger partial charge in [0.05, 0.1) is 11.6 Å². The fourth-order valence-electron chi connectivity index (χ4n) is 1.70. The van der Waals surface area contributed by atoms with Crippen LogP contribution in [0.2, 0.25) is 15.1 Å². The molecule has 6 heteroatoms. The molecule has 0 saturated carbocycles. The van der Waals surface area contributed by atoms with Crippen LogP contribution in [0.5, 0.6) is 5.75 Å². The van der Waals surface area contributed by atoms with Crippen LogP contribution in [0.15, 0.2) is 30.3 Å². The summed E-state index contributed by atoms with van der Waals surface area (Å²) in [7, 11) is 0. The van der Waals surface area contributed by atoms with Crippen molar-refractivity contribution in [2.45, 2.75) is 13.2 Å². The van der Waals surface area contributed by atoms with Gasteiger partial charge < -0.3 is 9.84 Å². The van der Waals surface area contributed by atoms with Crippen molar-refractivity contribution in [3.63, 3.8) is 0 Å². The Bertz CT molecular complexity index is 632. The topological polar surface area (TPSA) is 29.5 Å². The highest BCUT2D eigenvalue weighted by Gasteiger charge is 2.12. The number of halogens is 4.